The van der Waals surface area contributed by atoms with Crippen molar-refractivity contribution < 1.29 is 28.8 Å². The maximum Gasteiger partial charge on any atom is 0.190 e. The number of aliphatic hydroxyl groups excluding tert-OH is 1. The van der Waals surface area contributed by atoms with Gasteiger partial charge in [-0.15, -0.1) is 0 Å². The second-order valence-electron chi connectivity index (χ2n) is 5.10. The first kappa shape index (κ1) is 14.7. The molecule has 6 heteroatoms. The first-order valence-corrected chi connectivity index (χ1v) is 6.43. The van der Waals surface area contributed by atoms with Crippen LogP contribution in [0.5, 0.6) is 0 Å². The summed E-state index contributed by atoms with van der Waals surface area (Å²) in [7, 11) is 1.59. The molecule has 0 aromatic heterocycles. The second-order valence-corrected chi connectivity index (χ2v) is 5.10. The summed E-state index contributed by atoms with van der Waals surface area (Å²) in [5.74, 6) is -0.685. The summed E-state index contributed by atoms with van der Waals surface area (Å²) < 4.78 is 28.1. The van der Waals surface area contributed by atoms with Crippen LogP contribution in [0.3, 0.4) is 0 Å². The molecule has 5 atom stereocenters. The predicted octanol–water partition coefficient (Wildman–Crippen LogP) is 0.789. The largest absolute Gasteiger partial charge is 0.493 e. The fraction of sp³-hybridized carbons (Fsp3) is 0.846. The van der Waals surface area contributed by atoms with Gasteiger partial charge < -0.3 is 28.8 Å². The van der Waals surface area contributed by atoms with Crippen LogP contribution in [-0.4, -0.2) is 55.3 Å². The molecule has 2 aliphatic rings. The third-order valence-electron chi connectivity index (χ3n) is 3.23. The van der Waals surface area contributed by atoms with Crippen molar-refractivity contribution in [1.29, 1.82) is 0 Å². The topological polar surface area (TPSA) is 66.4 Å². The van der Waals surface area contributed by atoms with E-state index in [-0.39, 0.29) is 18.8 Å². The molecule has 1 N–H and O–H groups in total. The van der Waals surface area contributed by atoms with Gasteiger partial charge in [0.2, 0.25) is 0 Å². The Morgan fingerprint density at radius 1 is 1.37 bits per heavy atom. The van der Waals surface area contributed by atoms with Crippen LogP contribution < -0.4 is 0 Å². The molecular weight excluding hydrogens is 252 g/mol. The number of ether oxygens (including phenoxy) is 5. The van der Waals surface area contributed by atoms with Crippen LogP contribution in [0, 0.1) is 0 Å². The van der Waals surface area contributed by atoms with Crippen LogP contribution in [0.2, 0.25) is 0 Å². The highest BCUT2D eigenvalue weighted by Gasteiger charge is 2.57. The van der Waals surface area contributed by atoms with Crippen LogP contribution in [-0.2, 0) is 23.7 Å². The molecule has 2 saturated heterocycles. The van der Waals surface area contributed by atoms with Crippen LogP contribution in [0.15, 0.2) is 12.3 Å². The molecule has 2 heterocycles. The molecule has 6 nitrogen and oxygen atoms in total. The number of allylic oxidation sites excluding steroid dienone is 1. The Morgan fingerprint density at radius 2 is 2.11 bits per heavy atom. The molecule has 0 aliphatic carbocycles. The van der Waals surface area contributed by atoms with Gasteiger partial charge in [0.05, 0.1) is 12.9 Å². The summed E-state index contributed by atoms with van der Waals surface area (Å²) in [6.45, 7) is 5.32. The third-order valence-corrected chi connectivity index (χ3v) is 3.23. The first-order chi connectivity index (χ1) is 9.02. The molecule has 0 unspecified atom stereocenters. The zero-order valence-electron chi connectivity index (χ0n) is 11.7. The molecule has 110 valence electrons. The normalized spacial score (nSPS) is 38.6. The molecule has 0 radical (unpaired) electrons. The Bertz CT molecular complexity index is 329. The Morgan fingerprint density at radius 3 is 2.68 bits per heavy atom. The Labute approximate surface area is 113 Å². The molecule has 0 saturated carbocycles. The minimum atomic E-state index is -0.685. The average molecular weight is 274 g/mol. The average Bonchev–Trinajstić information content (AvgIpc) is 2.81. The predicted molar refractivity (Wildman–Crippen MR) is 66.3 cm³/mol. The van der Waals surface area contributed by atoms with Crippen LogP contribution in [0.4, 0.5) is 0 Å². The van der Waals surface area contributed by atoms with Crippen molar-refractivity contribution in [1.82, 2.24) is 0 Å². The summed E-state index contributed by atoms with van der Waals surface area (Å²) in [4.78, 5) is 0. The minimum absolute atomic E-state index is 0.169. The molecule has 0 bridgehead atoms. The number of hydrogen-bond acceptors (Lipinski definition) is 6. The van der Waals surface area contributed by atoms with E-state index in [1.807, 2.05) is 20.8 Å². The van der Waals surface area contributed by atoms with E-state index in [4.69, 9.17) is 23.7 Å². The maximum absolute atomic E-state index is 9.42. The lowest BCUT2D eigenvalue weighted by atomic mass is 10.1. The van der Waals surface area contributed by atoms with E-state index >= 15 is 0 Å². The Balaban J connectivity index is 2.07. The van der Waals surface area contributed by atoms with Gasteiger partial charge in [0.15, 0.2) is 12.1 Å². The zero-order valence-corrected chi connectivity index (χ0v) is 11.7. The smallest absolute Gasteiger partial charge is 0.190 e. The van der Waals surface area contributed by atoms with Crippen molar-refractivity contribution in [3.05, 3.63) is 12.3 Å². The molecule has 0 spiro atoms. The summed E-state index contributed by atoms with van der Waals surface area (Å²) in [6.07, 6.45) is 1.18. The number of fused-ring (bicyclic) bond motifs is 1. The van der Waals surface area contributed by atoms with Gasteiger partial charge in [-0.25, -0.2) is 0 Å². The summed E-state index contributed by atoms with van der Waals surface area (Å²) in [5, 5.41) is 9.42. The van der Waals surface area contributed by atoms with E-state index < -0.39 is 24.3 Å². The van der Waals surface area contributed by atoms with Crippen molar-refractivity contribution in [3.63, 3.8) is 0 Å². The van der Waals surface area contributed by atoms with Gasteiger partial charge in [-0.3, -0.25) is 0 Å². The maximum atomic E-state index is 9.42. The SMILES string of the molecule is C/C=C\O[C@H](CO)[C@H]1O[C@@H]2OC(C)(C)O[C@@H]2[C@H]1OC. The molecule has 0 aromatic rings. The zero-order chi connectivity index (χ0) is 14.0. The molecule has 19 heavy (non-hydrogen) atoms. The Kier molecular flexibility index (Phi) is 4.47. The summed E-state index contributed by atoms with van der Waals surface area (Å²) >= 11 is 0. The number of rotatable bonds is 5. The molecule has 2 rings (SSSR count). The minimum Gasteiger partial charge on any atom is -0.493 e. The van der Waals surface area contributed by atoms with Crippen LogP contribution in [0.1, 0.15) is 20.8 Å². The summed E-state index contributed by atoms with van der Waals surface area (Å²) in [6, 6.07) is 0. The quantitative estimate of drug-likeness (QED) is 0.748. The van der Waals surface area contributed by atoms with Gasteiger partial charge in [-0.1, -0.05) is 6.08 Å². The second kappa shape index (κ2) is 5.76. The fourth-order valence-electron chi connectivity index (χ4n) is 2.48. The molecule has 0 aromatic carbocycles. The van der Waals surface area contributed by atoms with Gasteiger partial charge in [0.25, 0.3) is 0 Å². The third kappa shape index (κ3) is 2.93. The number of methoxy groups -OCH3 is 1. The van der Waals surface area contributed by atoms with E-state index in [2.05, 4.69) is 0 Å². The van der Waals surface area contributed by atoms with E-state index in [1.54, 1.807) is 13.2 Å². The Hall–Kier alpha value is -0.660. The van der Waals surface area contributed by atoms with Gasteiger partial charge in [0, 0.05) is 7.11 Å². The summed E-state index contributed by atoms with van der Waals surface area (Å²) in [5.41, 5.74) is 0. The van der Waals surface area contributed by atoms with E-state index in [9.17, 15) is 5.11 Å². The van der Waals surface area contributed by atoms with Crippen molar-refractivity contribution in [3.8, 4) is 0 Å². The van der Waals surface area contributed by atoms with E-state index in [1.165, 1.54) is 6.26 Å². The van der Waals surface area contributed by atoms with Gasteiger partial charge in [0.1, 0.15) is 24.4 Å². The van der Waals surface area contributed by atoms with Crippen molar-refractivity contribution in [2.75, 3.05) is 13.7 Å². The molecule has 2 fully saturated rings. The molecular formula is C13H22O6. The molecule has 2 aliphatic heterocycles. The van der Waals surface area contributed by atoms with Crippen molar-refractivity contribution in [2.24, 2.45) is 0 Å². The van der Waals surface area contributed by atoms with Crippen molar-refractivity contribution in [2.45, 2.75) is 57.3 Å². The van der Waals surface area contributed by atoms with E-state index in [0.29, 0.717) is 0 Å². The number of hydrogen-bond donors (Lipinski definition) is 1. The highest BCUT2D eigenvalue weighted by Crippen LogP contribution is 2.39. The lowest BCUT2D eigenvalue weighted by Gasteiger charge is -2.28. The highest BCUT2D eigenvalue weighted by molar-refractivity contribution is 4.97. The van der Waals surface area contributed by atoms with Crippen molar-refractivity contribution >= 4 is 0 Å². The van der Waals surface area contributed by atoms with Crippen LogP contribution in [0.25, 0.3) is 0 Å². The van der Waals surface area contributed by atoms with Gasteiger partial charge >= 0.3 is 0 Å². The van der Waals surface area contributed by atoms with E-state index in [0.717, 1.165) is 0 Å². The standard InChI is InChI=1S/C13H22O6/c1-5-6-16-8(7-14)9-10(15-4)11-12(17-9)19-13(2,3)18-11/h5-6,8-12,14H,7H2,1-4H3/b6-5-/t8-,9-,10+,11-,12-/m1/s1. The first-order valence-electron chi connectivity index (χ1n) is 6.43. The van der Waals surface area contributed by atoms with Gasteiger partial charge in [-0.2, -0.15) is 0 Å². The molecule has 0 amide bonds. The lowest BCUT2D eigenvalue weighted by Crippen LogP contribution is -2.44. The van der Waals surface area contributed by atoms with Crippen LogP contribution >= 0.6 is 0 Å². The monoisotopic (exact) mass is 274 g/mol. The highest BCUT2D eigenvalue weighted by atomic mass is 16.8. The van der Waals surface area contributed by atoms with Gasteiger partial charge in [-0.05, 0) is 20.8 Å². The lowest BCUT2D eigenvalue weighted by molar-refractivity contribution is -0.229. The number of aliphatic hydroxyl groups is 1. The fourth-order valence-corrected chi connectivity index (χ4v) is 2.48.